The summed E-state index contributed by atoms with van der Waals surface area (Å²) < 4.78 is 16.1. The third-order valence-electron chi connectivity index (χ3n) is 1.40. The van der Waals surface area contributed by atoms with Gasteiger partial charge < -0.3 is 19.6 Å². The van der Waals surface area contributed by atoms with Crippen molar-refractivity contribution in [1.29, 1.82) is 0 Å². The van der Waals surface area contributed by atoms with Crippen LogP contribution in [0, 0.1) is 0 Å². The molecule has 0 rings (SSSR count). The molecule has 0 fully saturated rings. The molecule has 4 nitrogen and oxygen atoms in total. The second-order valence-corrected chi connectivity index (χ2v) is 8.49. The van der Waals surface area contributed by atoms with Crippen molar-refractivity contribution in [2.24, 2.45) is 5.73 Å². The highest BCUT2D eigenvalue weighted by atomic mass is 28.4. The molecule has 0 spiro atoms. The van der Waals surface area contributed by atoms with E-state index in [-0.39, 0.29) is 0 Å². The molecule has 0 bridgehead atoms. The molecule has 0 atom stereocenters. The predicted molar refractivity (Wildman–Crippen MR) is 60.0 cm³/mol. The van der Waals surface area contributed by atoms with Crippen molar-refractivity contribution < 1.29 is 13.9 Å². The molecule has 0 aromatic carbocycles. The van der Waals surface area contributed by atoms with E-state index in [2.05, 4.69) is 19.6 Å². The molecule has 0 aliphatic heterocycles. The van der Waals surface area contributed by atoms with Gasteiger partial charge in [-0.05, 0) is 19.6 Å². The largest absolute Gasteiger partial charge is 0.415 e. The van der Waals surface area contributed by atoms with E-state index in [1.54, 1.807) is 0 Å². The van der Waals surface area contributed by atoms with Gasteiger partial charge in [0, 0.05) is 6.54 Å². The second kappa shape index (κ2) is 8.37. The second-order valence-electron chi connectivity index (χ2n) is 3.97. The molecule has 0 radical (unpaired) electrons. The standard InChI is InChI=1S/C9H23NO3Si/c1-14(2,3)13-9-8-12-7-6-11-5-4-10/h4-10H2,1-3H3. The lowest BCUT2D eigenvalue weighted by molar-refractivity contribution is 0.0379. The van der Waals surface area contributed by atoms with Crippen molar-refractivity contribution in [1.82, 2.24) is 0 Å². The van der Waals surface area contributed by atoms with Crippen LogP contribution in [-0.4, -0.2) is 47.9 Å². The Hall–Kier alpha value is 0.0569. The van der Waals surface area contributed by atoms with Crippen LogP contribution in [0.25, 0.3) is 0 Å². The highest BCUT2D eigenvalue weighted by Gasteiger charge is 2.12. The van der Waals surface area contributed by atoms with E-state index in [1.807, 2.05) is 0 Å². The third-order valence-corrected chi connectivity index (χ3v) is 2.47. The molecule has 0 aromatic heterocycles. The summed E-state index contributed by atoms with van der Waals surface area (Å²) in [5, 5.41) is 0. The lowest BCUT2D eigenvalue weighted by Gasteiger charge is -2.16. The van der Waals surface area contributed by atoms with Gasteiger partial charge in [0.25, 0.3) is 0 Å². The van der Waals surface area contributed by atoms with Gasteiger partial charge >= 0.3 is 0 Å². The first kappa shape index (κ1) is 14.1. The maximum Gasteiger partial charge on any atom is 0.183 e. The lowest BCUT2D eigenvalue weighted by atomic mass is 10.7. The molecule has 0 saturated heterocycles. The SMILES string of the molecule is C[Si](C)(C)OCCOCCOCCN. The van der Waals surface area contributed by atoms with Crippen LogP contribution in [-0.2, 0) is 13.9 Å². The summed E-state index contributed by atoms with van der Waals surface area (Å²) >= 11 is 0. The van der Waals surface area contributed by atoms with Crippen LogP contribution in [0.4, 0.5) is 0 Å². The minimum Gasteiger partial charge on any atom is -0.415 e. The van der Waals surface area contributed by atoms with Crippen LogP contribution in [0.5, 0.6) is 0 Å². The van der Waals surface area contributed by atoms with Gasteiger partial charge in [-0.15, -0.1) is 0 Å². The zero-order valence-corrected chi connectivity index (χ0v) is 10.5. The first-order valence-corrected chi connectivity index (χ1v) is 8.46. The van der Waals surface area contributed by atoms with Crippen LogP contribution in [0.2, 0.25) is 19.6 Å². The Bertz CT molecular complexity index is 128. The van der Waals surface area contributed by atoms with Crippen molar-refractivity contribution in [3.63, 3.8) is 0 Å². The van der Waals surface area contributed by atoms with E-state index in [0.717, 1.165) is 0 Å². The smallest absolute Gasteiger partial charge is 0.183 e. The molecule has 0 saturated carbocycles. The molecule has 0 aliphatic rings. The number of rotatable bonds is 9. The van der Waals surface area contributed by atoms with E-state index < -0.39 is 8.32 Å². The fourth-order valence-corrected chi connectivity index (χ4v) is 1.51. The maximum atomic E-state index is 5.61. The minimum absolute atomic E-state index is 0.568. The quantitative estimate of drug-likeness (QED) is 0.463. The zero-order chi connectivity index (χ0) is 10.9. The van der Waals surface area contributed by atoms with Crippen LogP contribution < -0.4 is 5.73 Å². The van der Waals surface area contributed by atoms with Gasteiger partial charge in [-0.1, -0.05) is 0 Å². The van der Waals surface area contributed by atoms with Crippen molar-refractivity contribution in [3.8, 4) is 0 Å². The first-order valence-electron chi connectivity index (χ1n) is 5.06. The number of hydrogen-bond donors (Lipinski definition) is 1. The molecule has 0 aliphatic carbocycles. The van der Waals surface area contributed by atoms with Gasteiger partial charge in [0.2, 0.25) is 0 Å². The fraction of sp³-hybridized carbons (Fsp3) is 1.00. The number of hydrogen-bond acceptors (Lipinski definition) is 4. The van der Waals surface area contributed by atoms with E-state index in [9.17, 15) is 0 Å². The molecule has 86 valence electrons. The van der Waals surface area contributed by atoms with Crippen LogP contribution in [0.1, 0.15) is 0 Å². The molecular formula is C9H23NO3Si. The van der Waals surface area contributed by atoms with Crippen molar-refractivity contribution >= 4 is 8.32 Å². The Morgan fingerprint density at radius 1 is 0.857 bits per heavy atom. The lowest BCUT2D eigenvalue weighted by Crippen LogP contribution is -2.27. The number of nitrogens with two attached hydrogens (primary N) is 1. The highest BCUT2D eigenvalue weighted by molar-refractivity contribution is 6.69. The third kappa shape index (κ3) is 12.1. The molecule has 0 unspecified atom stereocenters. The number of ether oxygens (including phenoxy) is 2. The summed E-state index contributed by atoms with van der Waals surface area (Å²) in [6, 6.07) is 0. The Balaban J connectivity index is 2.99. The topological polar surface area (TPSA) is 53.7 Å². The van der Waals surface area contributed by atoms with Gasteiger partial charge in [0.05, 0.1) is 33.0 Å². The first-order chi connectivity index (χ1) is 6.56. The monoisotopic (exact) mass is 221 g/mol. The van der Waals surface area contributed by atoms with Crippen LogP contribution in [0.3, 0.4) is 0 Å². The Kier molecular flexibility index (Phi) is 8.41. The van der Waals surface area contributed by atoms with Gasteiger partial charge in [0.15, 0.2) is 8.32 Å². The van der Waals surface area contributed by atoms with E-state index >= 15 is 0 Å². The average Bonchev–Trinajstić information content (AvgIpc) is 2.08. The van der Waals surface area contributed by atoms with Crippen molar-refractivity contribution in [2.75, 3.05) is 39.6 Å². The summed E-state index contributed by atoms with van der Waals surface area (Å²) in [5.74, 6) is 0. The van der Waals surface area contributed by atoms with E-state index in [0.29, 0.717) is 39.6 Å². The minimum atomic E-state index is -1.37. The highest BCUT2D eigenvalue weighted by Crippen LogP contribution is 2.01. The average molecular weight is 221 g/mol. The molecule has 2 N–H and O–H groups in total. The van der Waals surface area contributed by atoms with Crippen LogP contribution in [0.15, 0.2) is 0 Å². The van der Waals surface area contributed by atoms with Gasteiger partial charge in [-0.25, -0.2) is 0 Å². The van der Waals surface area contributed by atoms with E-state index in [4.69, 9.17) is 19.6 Å². The molecule has 0 heterocycles. The Morgan fingerprint density at radius 3 is 1.86 bits per heavy atom. The summed E-state index contributed by atoms with van der Waals surface area (Å²) in [4.78, 5) is 0. The zero-order valence-electron chi connectivity index (χ0n) is 9.54. The molecular weight excluding hydrogens is 198 g/mol. The Morgan fingerprint density at radius 2 is 1.36 bits per heavy atom. The van der Waals surface area contributed by atoms with Crippen molar-refractivity contribution in [2.45, 2.75) is 19.6 Å². The molecule has 5 heteroatoms. The maximum absolute atomic E-state index is 5.61. The predicted octanol–water partition coefficient (Wildman–Crippen LogP) is 0.830. The molecule has 0 aromatic rings. The molecule has 0 amide bonds. The normalized spacial score (nSPS) is 12.0. The molecule has 14 heavy (non-hydrogen) atoms. The fourth-order valence-electron chi connectivity index (χ4n) is 0.812. The summed E-state index contributed by atoms with van der Waals surface area (Å²) in [6.45, 7) is 10.2. The Labute approximate surface area is 87.8 Å². The van der Waals surface area contributed by atoms with E-state index in [1.165, 1.54) is 0 Å². The van der Waals surface area contributed by atoms with Crippen LogP contribution >= 0.6 is 0 Å². The van der Waals surface area contributed by atoms with Gasteiger partial charge in [-0.2, -0.15) is 0 Å². The summed E-state index contributed by atoms with van der Waals surface area (Å²) in [6.07, 6.45) is 0. The summed E-state index contributed by atoms with van der Waals surface area (Å²) in [5.41, 5.74) is 5.26. The van der Waals surface area contributed by atoms with Gasteiger partial charge in [0.1, 0.15) is 0 Å². The van der Waals surface area contributed by atoms with Crippen molar-refractivity contribution in [3.05, 3.63) is 0 Å². The summed E-state index contributed by atoms with van der Waals surface area (Å²) in [7, 11) is -1.37. The van der Waals surface area contributed by atoms with Gasteiger partial charge in [-0.3, -0.25) is 0 Å².